The van der Waals surface area contributed by atoms with Gasteiger partial charge < -0.3 is 11.5 Å². The standard InChI is InChI=1S/C24H36N6O2S/c1-22(2)13-18-14-23(3,15-22)16-29(18)33(31,32)19-9-7-8-17(12-19)30-21(26)27-20(25)28-24(30)10-5-4-6-11-24/h7-9,12,18H,4-6,10-11,13-16H2,1-3H3,(H4,25,26,27,28). The maximum Gasteiger partial charge on any atom is 0.243 e. The van der Waals surface area contributed by atoms with E-state index < -0.39 is 15.7 Å². The van der Waals surface area contributed by atoms with Gasteiger partial charge in [-0.05, 0) is 74.0 Å². The Labute approximate surface area is 197 Å². The highest BCUT2D eigenvalue weighted by Crippen LogP contribution is 2.53. The second kappa shape index (κ2) is 7.43. The van der Waals surface area contributed by atoms with Crippen LogP contribution < -0.4 is 16.4 Å². The molecule has 2 aliphatic heterocycles. The van der Waals surface area contributed by atoms with Crippen LogP contribution in [0.4, 0.5) is 5.69 Å². The SMILES string of the molecule is CC1(C)CC2CC(C)(CN2S(=O)(=O)c2cccc(N3C(N)=NC(N)=NC34CCCCC4)c2)C1. The predicted octanol–water partition coefficient (Wildman–Crippen LogP) is 3.39. The zero-order chi connectivity index (χ0) is 23.6. The van der Waals surface area contributed by atoms with Crippen molar-refractivity contribution in [2.24, 2.45) is 32.3 Å². The first kappa shape index (κ1) is 22.7. The van der Waals surface area contributed by atoms with Crippen molar-refractivity contribution in [3.63, 3.8) is 0 Å². The van der Waals surface area contributed by atoms with Gasteiger partial charge in [-0.25, -0.2) is 13.4 Å². The van der Waals surface area contributed by atoms with E-state index in [9.17, 15) is 8.42 Å². The van der Waals surface area contributed by atoms with E-state index in [-0.39, 0.29) is 28.8 Å². The summed E-state index contributed by atoms with van der Waals surface area (Å²) in [5.74, 6) is 0.458. The van der Waals surface area contributed by atoms with Crippen molar-refractivity contribution in [2.45, 2.75) is 88.7 Å². The number of rotatable bonds is 3. The molecule has 3 fully saturated rings. The molecule has 1 aromatic carbocycles. The Kier molecular flexibility index (Phi) is 5.10. The van der Waals surface area contributed by atoms with Gasteiger partial charge in [0.05, 0.1) is 4.90 Å². The fourth-order valence-electron chi connectivity index (χ4n) is 7.10. The first-order chi connectivity index (χ1) is 15.4. The predicted molar refractivity (Wildman–Crippen MR) is 131 cm³/mol. The Balaban J connectivity index is 1.51. The van der Waals surface area contributed by atoms with Crippen LogP contribution in [0.2, 0.25) is 0 Å². The number of sulfonamides is 1. The molecular formula is C24H36N6O2S. The minimum Gasteiger partial charge on any atom is -0.369 e. The van der Waals surface area contributed by atoms with Gasteiger partial charge in [0.25, 0.3) is 0 Å². The van der Waals surface area contributed by atoms with Gasteiger partial charge in [-0.3, -0.25) is 4.90 Å². The van der Waals surface area contributed by atoms with Crippen molar-refractivity contribution >= 4 is 27.6 Å². The molecule has 2 heterocycles. The maximum absolute atomic E-state index is 13.9. The largest absolute Gasteiger partial charge is 0.369 e. The van der Waals surface area contributed by atoms with E-state index in [0.717, 1.165) is 51.4 Å². The average molecular weight is 473 g/mol. The van der Waals surface area contributed by atoms with Crippen LogP contribution in [0.15, 0.2) is 39.1 Å². The van der Waals surface area contributed by atoms with Gasteiger partial charge in [-0.1, -0.05) is 33.3 Å². The molecule has 2 bridgehead atoms. The smallest absolute Gasteiger partial charge is 0.243 e. The lowest BCUT2D eigenvalue weighted by Crippen LogP contribution is -2.58. The molecule has 1 saturated heterocycles. The summed E-state index contributed by atoms with van der Waals surface area (Å²) in [4.78, 5) is 11.1. The molecule has 4 aliphatic rings. The Bertz CT molecular complexity index is 1120. The Morgan fingerprint density at radius 3 is 2.52 bits per heavy atom. The van der Waals surface area contributed by atoms with Crippen molar-refractivity contribution in [1.82, 2.24) is 4.31 Å². The normalized spacial score (nSPS) is 31.4. The van der Waals surface area contributed by atoms with E-state index >= 15 is 0 Å². The molecule has 33 heavy (non-hydrogen) atoms. The molecular weight excluding hydrogens is 436 g/mol. The highest BCUT2D eigenvalue weighted by molar-refractivity contribution is 7.89. The number of aliphatic imine (C=N–C) groups is 2. The van der Waals surface area contributed by atoms with Gasteiger partial charge in [0.15, 0.2) is 0 Å². The van der Waals surface area contributed by atoms with Crippen LogP contribution in [0.3, 0.4) is 0 Å². The summed E-state index contributed by atoms with van der Waals surface area (Å²) in [5.41, 5.74) is 12.6. The van der Waals surface area contributed by atoms with Crippen LogP contribution in [0.5, 0.6) is 0 Å². The number of guanidine groups is 2. The topological polar surface area (TPSA) is 117 Å². The molecule has 2 unspecified atom stereocenters. The summed E-state index contributed by atoms with van der Waals surface area (Å²) in [7, 11) is -3.65. The minimum absolute atomic E-state index is 0.0272. The molecule has 2 atom stereocenters. The lowest BCUT2D eigenvalue weighted by atomic mass is 9.65. The fourth-order valence-corrected chi connectivity index (χ4v) is 8.92. The molecule has 2 saturated carbocycles. The van der Waals surface area contributed by atoms with Crippen LogP contribution in [-0.4, -0.2) is 42.9 Å². The summed E-state index contributed by atoms with van der Waals surface area (Å²) in [6.45, 7) is 7.31. The molecule has 1 spiro atoms. The molecule has 2 aliphatic carbocycles. The van der Waals surface area contributed by atoms with Crippen molar-refractivity contribution in [3.05, 3.63) is 24.3 Å². The number of hydrogen-bond acceptors (Lipinski definition) is 7. The van der Waals surface area contributed by atoms with Crippen molar-refractivity contribution in [3.8, 4) is 0 Å². The molecule has 5 rings (SSSR count). The van der Waals surface area contributed by atoms with Gasteiger partial charge in [0, 0.05) is 18.3 Å². The monoisotopic (exact) mass is 472 g/mol. The van der Waals surface area contributed by atoms with Crippen molar-refractivity contribution in [2.75, 3.05) is 11.4 Å². The fraction of sp³-hybridized carbons (Fsp3) is 0.667. The number of nitrogens with two attached hydrogens (primary N) is 2. The number of benzene rings is 1. The van der Waals surface area contributed by atoms with E-state index in [0.29, 0.717) is 17.1 Å². The Morgan fingerprint density at radius 2 is 1.79 bits per heavy atom. The van der Waals surface area contributed by atoms with Gasteiger partial charge in [-0.2, -0.15) is 9.30 Å². The molecule has 0 amide bonds. The second-order valence-corrected chi connectivity index (χ2v) is 13.5. The summed E-state index contributed by atoms with van der Waals surface area (Å²) in [6.07, 6.45) is 7.66. The number of fused-ring (bicyclic) bond motifs is 2. The summed E-state index contributed by atoms with van der Waals surface area (Å²) >= 11 is 0. The lowest BCUT2D eigenvalue weighted by molar-refractivity contribution is 0.133. The first-order valence-electron chi connectivity index (χ1n) is 12.0. The highest BCUT2D eigenvalue weighted by Gasteiger charge is 2.53. The van der Waals surface area contributed by atoms with E-state index in [1.807, 2.05) is 11.0 Å². The number of hydrogen-bond donors (Lipinski definition) is 2. The quantitative estimate of drug-likeness (QED) is 0.699. The molecule has 180 valence electrons. The lowest BCUT2D eigenvalue weighted by Gasteiger charge is -2.45. The maximum atomic E-state index is 13.9. The van der Waals surface area contributed by atoms with Crippen LogP contribution in [0.1, 0.15) is 72.1 Å². The third kappa shape index (κ3) is 3.83. The van der Waals surface area contributed by atoms with E-state index in [1.54, 1.807) is 22.5 Å². The summed E-state index contributed by atoms with van der Waals surface area (Å²) < 4.78 is 29.5. The van der Waals surface area contributed by atoms with Crippen LogP contribution >= 0.6 is 0 Å². The van der Waals surface area contributed by atoms with Crippen LogP contribution in [0.25, 0.3) is 0 Å². The molecule has 4 N–H and O–H groups in total. The Hall–Kier alpha value is -2.13. The van der Waals surface area contributed by atoms with E-state index in [2.05, 4.69) is 25.8 Å². The minimum atomic E-state index is -3.65. The van der Waals surface area contributed by atoms with Gasteiger partial charge in [0.1, 0.15) is 5.66 Å². The van der Waals surface area contributed by atoms with Crippen molar-refractivity contribution in [1.29, 1.82) is 0 Å². The highest BCUT2D eigenvalue weighted by atomic mass is 32.2. The summed E-state index contributed by atoms with van der Waals surface area (Å²) in [6, 6.07) is 7.16. The Morgan fingerprint density at radius 1 is 1.06 bits per heavy atom. The molecule has 0 radical (unpaired) electrons. The molecule has 8 nitrogen and oxygen atoms in total. The number of anilines is 1. The van der Waals surface area contributed by atoms with E-state index in [4.69, 9.17) is 16.5 Å². The first-order valence-corrected chi connectivity index (χ1v) is 13.5. The number of nitrogens with zero attached hydrogens (tertiary/aromatic N) is 4. The second-order valence-electron chi connectivity index (χ2n) is 11.6. The third-order valence-corrected chi connectivity index (χ3v) is 9.79. The zero-order valence-electron chi connectivity index (χ0n) is 19.9. The molecule has 0 aromatic heterocycles. The van der Waals surface area contributed by atoms with Crippen molar-refractivity contribution < 1.29 is 8.42 Å². The van der Waals surface area contributed by atoms with Crippen LogP contribution in [-0.2, 0) is 10.0 Å². The third-order valence-electron chi connectivity index (χ3n) is 7.90. The summed E-state index contributed by atoms with van der Waals surface area (Å²) in [5, 5.41) is 0. The average Bonchev–Trinajstić information content (AvgIpc) is 2.97. The van der Waals surface area contributed by atoms with Gasteiger partial charge in [-0.15, -0.1) is 0 Å². The molecule has 9 heteroatoms. The zero-order valence-corrected chi connectivity index (χ0v) is 20.7. The van der Waals surface area contributed by atoms with Crippen LogP contribution in [0, 0.1) is 10.8 Å². The van der Waals surface area contributed by atoms with Gasteiger partial charge in [0.2, 0.25) is 21.9 Å². The molecule has 1 aromatic rings. The van der Waals surface area contributed by atoms with E-state index in [1.165, 1.54) is 0 Å². The van der Waals surface area contributed by atoms with Gasteiger partial charge >= 0.3 is 0 Å².